The molecule has 3 aromatic carbocycles. The van der Waals surface area contributed by atoms with Gasteiger partial charge < -0.3 is 0 Å². The lowest BCUT2D eigenvalue weighted by Gasteiger charge is -2.51. The fourth-order valence-corrected chi connectivity index (χ4v) is 11.7. The van der Waals surface area contributed by atoms with Gasteiger partial charge in [0.15, 0.2) is 17.5 Å². The fraction of sp³-hybridized carbons (Fsp3) is 0.511. The van der Waals surface area contributed by atoms with E-state index in [4.69, 9.17) is 15.0 Å². The van der Waals surface area contributed by atoms with Gasteiger partial charge in [-0.05, 0) is 140 Å². The topological polar surface area (TPSA) is 62.5 Å². The molecule has 4 aliphatic rings. The highest BCUT2D eigenvalue weighted by Crippen LogP contribution is 2.56. The van der Waals surface area contributed by atoms with Gasteiger partial charge >= 0.3 is 0 Å². The van der Waals surface area contributed by atoms with Gasteiger partial charge in [-0.1, -0.05) is 88.7 Å². The van der Waals surface area contributed by atoms with Crippen LogP contribution in [-0.2, 0) is 10.8 Å². The van der Waals surface area contributed by atoms with Gasteiger partial charge in [0.25, 0.3) is 0 Å². The lowest BCUT2D eigenvalue weighted by atomic mass is 9.54. The summed E-state index contributed by atoms with van der Waals surface area (Å²) in [6, 6.07) is 28.3. The molecule has 4 aromatic rings. The Balaban J connectivity index is 1.20. The first-order valence-corrected chi connectivity index (χ1v) is 19.2. The molecule has 0 spiro atoms. The first-order valence-electron chi connectivity index (χ1n) is 19.2. The Labute approximate surface area is 293 Å². The van der Waals surface area contributed by atoms with Gasteiger partial charge in [-0.25, -0.2) is 15.0 Å². The zero-order valence-corrected chi connectivity index (χ0v) is 30.0. The van der Waals surface area contributed by atoms with Gasteiger partial charge in [-0.15, -0.1) is 0 Å². The Bertz CT molecular complexity index is 1850. The quantitative estimate of drug-likeness (QED) is 0.209. The summed E-state index contributed by atoms with van der Waals surface area (Å²) in [6.07, 6.45) is 14.6. The van der Waals surface area contributed by atoms with Crippen molar-refractivity contribution >= 4 is 0 Å². The van der Waals surface area contributed by atoms with Crippen LogP contribution in [0.15, 0.2) is 72.8 Å². The SMILES string of the molecule is CC[C@@H]1C[C@@H]2C[C@H](C)CC(c3cccc(-c4nc(-c5ccc(C67C[C@H](C)C[C@H](C[C@H](C)C6)C7)cc5)nc(-c5cccc(C#N)c5)n4)c3)(C1)C2. The summed E-state index contributed by atoms with van der Waals surface area (Å²) < 4.78 is 0. The molecule has 4 nitrogen and oxygen atoms in total. The molecule has 252 valence electrons. The number of rotatable bonds is 6. The summed E-state index contributed by atoms with van der Waals surface area (Å²) in [6.45, 7) is 9.75. The molecule has 0 aliphatic heterocycles. The van der Waals surface area contributed by atoms with E-state index in [1.807, 2.05) is 24.3 Å². The summed E-state index contributed by atoms with van der Waals surface area (Å²) in [5.41, 5.74) is 6.99. The van der Waals surface area contributed by atoms with Crippen LogP contribution in [0, 0.1) is 46.8 Å². The predicted octanol–water partition coefficient (Wildman–Crippen LogP) is 11.3. The maximum atomic E-state index is 9.68. The van der Waals surface area contributed by atoms with Gasteiger partial charge in [-0.2, -0.15) is 5.26 Å². The van der Waals surface area contributed by atoms with Crippen LogP contribution in [0.5, 0.6) is 0 Å². The third-order valence-corrected chi connectivity index (χ3v) is 13.1. The maximum Gasteiger partial charge on any atom is 0.164 e. The molecule has 0 radical (unpaired) electrons. The average Bonchev–Trinajstić information content (AvgIpc) is 3.10. The smallest absolute Gasteiger partial charge is 0.164 e. The summed E-state index contributed by atoms with van der Waals surface area (Å²) in [4.78, 5) is 15.4. The van der Waals surface area contributed by atoms with E-state index < -0.39 is 0 Å². The molecule has 4 aliphatic carbocycles. The molecule has 8 rings (SSSR count). The zero-order valence-electron chi connectivity index (χ0n) is 30.0. The van der Waals surface area contributed by atoms with E-state index >= 15 is 0 Å². The van der Waals surface area contributed by atoms with Gasteiger partial charge in [0.1, 0.15) is 0 Å². The van der Waals surface area contributed by atoms with Gasteiger partial charge in [0.2, 0.25) is 0 Å². The molecule has 0 amide bonds. The van der Waals surface area contributed by atoms with Crippen molar-refractivity contribution in [2.45, 2.75) is 109 Å². The van der Waals surface area contributed by atoms with Crippen molar-refractivity contribution in [1.82, 2.24) is 15.0 Å². The van der Waals surface area contributed by atoms with E-state index in [1.54, 1.807) is 0 Å². The van der Waals surface area contributed by atoms with E-state index in [9.17, 15) is 5.26 Å². The zero-order chi connectivity index (χ0) is 33.8. The van der Waals surface area contributed by atoms with Crippen molar-refractivity contribution in [2.75, 3.05) is 0 Å². The number of hydrogen-bond acceptors (Lipinski definition) is 4. The minimum atomic E-state index is 0.235. The molecular weight excluding hydrogens is 597 g/mol. The van der Waals surface area contributed by atoms with Crippen molar-refractivity contribution in [3.8, 4) is 40.2 Å². The molecule has 4 fully saturated rings. The van der Waals surface area contributed by atoms with E-state index in [0.717, 1.165) is 52.2 Å². The second-order valence-corrected chi connectivity index (χ2v) is 17.2. The normalized spacial score (nSPS) is 32.3. The highest BCUT2D eigenvalue weighted by molar-refractivity contribution is 5.68. The van der Waals surface area contributed by atoms with E-state index in [1.165, 1.54) is 81.8 Å². The molecule has 4 bridgehead atoms. The van der Waals surface area contributed by atoms with Crippen LogP contribution >= 0.6 is 0 Å². The summed E-state index contributed by atoms with van der Waals surface area (Å²) in [7, 11) is 0. The van der Waals surface area contributed by atoms with Crippen molar-refractivity contribution in [1.29, 1.82) is 5.26 Å². The second-order valence-electron chi connectivity index (χ2n) is 17.2. The van der Waals surface area contributed by atoms with Crippen LogP contribution in [0.25, 0.3) is 34.2 Å². The number of fused-ring (bicyclic) bond motifs is 4. The Morgan fingerprint density at radius 2 is 1.12 bits per heavy atom. The molecule has 4 heteroatoms. The lowest BCUT2D eigenvalue weighted by molar-refractivity contribution is 0.0703. The number of benzene rings is 3. The third-order valence-electron chi connectivity index (χ3n) is 13.1. The molecule has 1 heterocycles. The van der Waals surface area contributed by atoms with Gasteiger partial charge in [0, 0.05) is 16.7 Å². The van der Waals surface area contributed by atoms with Crippen LogP contribution in [0.1, 0.15) is 115 Å². The minimum Gasteiger partial charge on any atom is -0.208 e. The van der Waals surface area contributed by atoms with E-state index in [-0.39, 0.29) is 10.8 Å². The van der Waals surface area contributed by atoms with E-state index in [2.05, 4.69) is 82.3 Å². The largest absolute Gasteiger partial charge is 0.208 e. The Morgan fingerprint density at radius 3 is 1.71 bits per heavy atom. The molecule has 0 N–H and O–H groups in total. The molecular formula is C45H52N4. The first-order chi connectivity index (χ1) is 23.7. The van der Waals surface area contributed by atoms with Crippen molar-refractivity contribution in [2.24, 2.45) is 35.5 Å². The van der Waals surface area contributed by atoms with Crippen molar-refractivity contribution in [3.63, 3.8) is 0 Å². The van der Waals surface area contributed by atoms with Crippen LogP contribution < -0.4 is 0 Å². The lowest BCUT2D eigenvalue weighted by Crippen LogP contribution is -2.42. The minimum absolute atomic E-state index is 0.235. The van der Waals surface area contributed by atoms with Crippen molar-refractivity contribution in [3.05, 3.63) is 89.5 Å². The highest BCUT2D eigenvalue weighted by Gasteiger charge is 2.46. The Morgan fingerprint density at radius 1 is 0.592 bits per heavy atom. The fourth-order valence-electron chi connectivity index (χ4n) is 11.7. The third kappa shape index (κ3) is 6.24. The van der Waals surface area contributed by atoms with Crippen LogP contribution in [-0.4, -0.2) is 15.0 Å². The monoisotopic (exact) mass is 648 g/mol. The first kappa shape index (κ1) is 32.4. The van der Waals surface area contributed by atoms with Crippen molar-refractivity contribution < 1.29 is 0 Å². The molecule has 0 saturated heterocycles. The van der Waals surface area contributed by atoms with Crippen LogP contribution in [0.4, 0.5) is 0 Å². The number of hydrogen-bond donors (Lipinski definition) is 0. The molecule has 1 aromatic heterocycles. The Kier molecular flexibility index (Phi) is 8.46. The molecule has 2 unspecified atom stereocenters. The predicted molar refractivity (Wildman–Crippen MR) is 199 cm³/mol. The number of nitriles is 1. The van der Waals surface area contributed by atoms with Crippen LogP contribution in [0.2, 0.25) is 0 Å². The molecule has 8 atom stereocenters. The van der Waals surface area contributed by atoms with Gasteiger partial charge in [0.05, 0.1) is 11.6 Å². The summed E-state index contributed by atoms with van der Waals surface area (Å²) >= 11 is 0. The Hall–Kier alpha value is -3.84. The summed E-state index contributed by atoms with van der Waals surface area (Å²) in [5, 5.41) is 9.68. The number of nitrogens with zero attached hydrogens (tertiary/aromatic N) is 4. The highest BCUT2D eigenvalue weighted by atomic mass is 15.0. The standard InChI is InChI=1S/C45H52N4/c1-5-32-19-35-18-31(4)24-45(25-32,27-35)40-11-7-10-38(21-40)43-48-41(47-42(49-43)37-9-6-8-33(20-37)28-46)36-12-14-39(15-13-36)44-22-29(2)16-34(26-44)17-30(3)23-44/h6-15,20-21,29-32,34-35H,5,16-19,22-27H2,1-4H3/t29-,30+,31-,32+,34-,35-,44?,45?/m0/s1. The number of aromatic nitrogens is 3. The molecule has 49 heavy (non-hydrogen) atoms. The van der Waals surface area contributed by atoms with E-state index in [0.29, 0.717) is 23.0 Å². The second kappa shape index (κ2) is 12.8. The van der Waals surface area contributed by atoms with Crippen LogP contribution in [0.3, 0.4) is 0 Å². The van der Waals surface area contributed by atoms with Gasteiger partial charge in [-0.3, -0.25) is 0 Å². The maximum absolute atomic E-state index is 9.68. The molecule has 4 saturated carbocycles. The summed E-state index contributed by atoms with van der Waals surface area (Å²) in [5.74, 6) is 6.81. The average molecular weight is 649 g/mol.